The topological polar surface area (TPSA) is 0 Å². The van der Waals surface area contributed by atoms with Gasteiger partial charge < -0.3 is 0 Å². The van der Waals surface area contributed by atoms with Crippen molar-refractivity contribution in [1.82, 2.24) is 0 Å². The molecule has 13 aromatic rings. The lowest BCUT2D eigenvalue weighted by atomic mass is 9.77. The van der Waals surface area contributed by atoms with Gasteiger partial charge in [-0.25, -0.2) is 0 Å². The van der Waals surface area contributed by atoms with Crippen LogP contribution in [0, 0.1) is 22.9 Å². The number of benzene rings is 11. The Labute approximate surface area is 488 Å². The fourth-order valence-corrected chi connectivity index (χ4v) is 26.5. The van der Waals surface area contributed by atoms with Crippen LogP contribution in [0.25, 0.3) is 131 Å². The molecule has 0 heterocycles. The normalized spacial score (nSPS) is 12.6. The van der Waals surface area contributed by atoms with Crippen LogP contribution >= 0.6 is 0 Å². The molecule has 13 rings (SSSR count). The van der Waals surface area contributed by atoms with Crippen molar-refractivity contribution in [2.45, 2.75) is 116 Å². The highest BCUT2D eigenvalue weighted by Crippen LogP contribution is 2.56. The minimum absolute atomic E-state index is 0.473. The van der Waals surface area contributed by atoms with Crippen molar-refractivity contribution in [2.75, 3.05) is 0 Å². The predicted molar refractivity (Wildman–Crippen MR) is 366 cm³/mol. The van der Waals surface area contributed by atoms with Gasteiger partial charge in [0.1, 0.15) is 16.1 Å². The maximum Gasteiger partial charge on any atom is 0.146 e. The third kappa shape index (κ3) is 7.93. The first kappa shape index (κ1) is 53.3. The Morgan fingerprint density at radius 2 is 0.427 bits per heavy atom. The molecule has 0 aliphatic carbocycles. The summed E-state index contributed by atoms with van der Waals surface area (Å²) in [5.74, 6) is 8.52. The minimum Gasteiger partial charge on any atom is -0.125 e. The molecule has 402 valence electrons. The lowest BCUT2D eigenvalue weighted by Crippen LogP contribution is -2.43. The fourth-order valence-electron chi connectivity index (χ4n) is 16.1. The number of hydrogen-bond donors (Lipinski definition) is 0. The summed E-state index contributed by atoms with van der Waals surface area (Å²) in [5, 5.41) is 20.4. The molecule has 0 N–H and O–H groups in total. The molecule has 0 aliphatic rings. The SMILES string of the molecule is CC(C)[Si](C#Cc1c2cc3c(cc2c(C#C[Si](C(C)C)(C(C)C)C(C)C)c2cc4c(cc12)c1c(-c2ccccc2)c2ccccc2c(-c2ccccc2)c41)c1c(-c2ccccc2)c2ccccc2c(-c2ccccc2)c31)(C(C)C)C(C)C. The van der Waals surface area contributed by atoms with Crippen LogP contribution in [0.15, 0.2) is 194 Å². The molecule has 82 heavy (non-hydrogen) atoms. The molecule has 0 aliphatic heterocycles. The highest BCUT2D eigenvalue weighted by molar-refractivity contribution is 6.91. The summed E-state index contributed by atoms with van der Waals surface area (Å²) in [5.41, 5.74) is 23.9. The first-order valence-electron chi connectivity index (χ1n) is 30.3. The van der Waals surface area contributed by atoms with Gasteiger partial charge in [-0.1, -0.05) is 265 Å². The third-order valence-electron chi connectivity index (χ3n) is 19.7. The van der Waals surface area contributed by atoms with Crippen molar-refractivity contribution in [2.24, 2.45) is 0 Å². The first-order valence-corrected chi connectivity index (χ1v) is 34.7. The third-order valence-corrected chi connectivity index (χ3v) is 32.3. The average molecular weight is 1090 g/mol. The van der Waals surface area contributed by atoms with E-state index in [1.165, 1.54) is 131 Å². The van der Waals surface area contributed by atoms with Crippen LogP contribution in [0.5, 0.6) is 0 Å². The zero-order valence-electron chi connectivity index (χ0n) is 49.9. The van der Waals surface area contributed by atoms with E-state index in [0.29, 0.717) is 33.2 Å². The molecular formula is C80H74Si2. The van der Waals surface area contributed by atoms with E-state index < -0.39 is 16.1 Å². The molecule has 0 aromatic heterocycles. The van der Waals surface area contributed by atoms with E-state index in [1.807, 2.05) is 0 Å². The molecule has 0 unspecified atom stereocenters. The summed E-state index contributed by atoms with van der Waals surface area (Å²) in [6.45, 7) is 29.4. The Balaban J connectivity index is 1.29. The second-order valence-electron chi connectivity index (χ2n) is 25.5. The first-order chi connectivity index (χ1) is 39.7. The van der Waals surface area contributed by atoms with E-state index in [-0.39, 0.29) is 0 Å². The van der Waals surface area contributed by atoms with Gasteiger partial charge in [0.2, 0.25) is 0 Å². The fraction of sp³-hybridized carbons (Fsp3) is 0.225. The lowest BCUT2D eigenvalue weighted by Gasteiger charge is -2.38. The van der Waals surface area contributed by atoms with Gasteiger partial charge in [0, 0.05) is 11.1 Å². The number of fused-ring (bicyclic) bond motifs is 12. The molecule has 0 nitrogen and oxygen atoms in total. The van der Waals surface area contributed by atoms with Gasteiger partial charge in [-0.2, -0.15) is 0 Å². The zero-order chi connectivity index (χ0) is 56.9. The van der Waals surface area contributed by atoms with Gasteiger partial charge in [-0.15, -0.1) is 11.1 Å². The van der Waals surface area contributed by atoms with Crippen LogP contribution < -0.4 is 0 Å². The molecule has 0 atom stereocenters. The van der Waals surface area contributed by atoms with Crippen LogP contribution in [0.2, 0.25) is 33.2 Å². The van der Waals surface area contributed by atoms with Gasteiger partial charge in [-0.05, 0) is 188 Å². The number of rotatable bonds is 10. The van der Waals surface area contributed by atoms with Crippen molar-refractivity contribution in [1.29, 1.82) is 0 Å². The quantitative estimate of drug-likeness (QED) is 0.0727. The number of hydrogen-bond acceptors (Lipinski definition) is 0. The predicted octanol–water partition coefficient (Wildman–Crippen LogP) is 23.6. The Bertz CT molecular complexity index is 4130. The Kier molecular flexibility index (Phi) is 13.3. The Morgan fingerprint density at radius 1 is 0.232 bits per heavy atom. The van der Waals surface area contributed by atoms with Crippen LogP contribution in [0.4, 0.5) is 0 Å². The standard InChI is InChI=1S/C80H74Si2/c1-49(2)81(50(3)4,51(5)6)43-41-59-65-45-69-71(79-75(57-33-21-15-22-34-57)63-39-27-25-37-61(63)73(77(69)79)55-29-17-13-18-30-55)47-67(65)60(42-44-82(52(7)8,53(9)10)54(11)12)68-48-72-70(46-66(59)68)78-74(56-31-19-14-20-32-56)62-38-26-28-40-64(62)76(80(72)78)58-35-23-16-24-36-58/h13-40,45-54H,1-12H3. The maximum atomic E-state index is 4.34. The van der Waals surface area contributed by atoms with E-state index in [9.17, 15) is 0 Å². The summed E-state index contributed by atoms with van der Waals surface area (Å²) in [6.07, 6.45) is 0. The summed E-state index contributed by atoms with van der Waals surface area (Å²) in [7, 11) is -4.51. The van der Waals surface area contributed by atoms with Gasteiger partial charge in [0.25, 0.3) is 0 Å². The summed E-state index contributed by atoms with van der Waals surface area (Å²) >= 11 is 0. The van der Waals surface area contributed by atoms with Gasteiger partial charge >= 0.3 is 0 Å². The largest absolute Gasteiger partial charge is 0.146 e. The summed E-state index contributed by atoms with van der Waals surface area (Å²) in [4.78, 5) is 0. The molecule has 0 saturated carbocycles. The van der Waals surface area contributed by atoms with E-state index in [2.05, 4.69) is 300 Å². The Morgan fingerprint density at radius 3 is 0.622 bits per heavy atom. The molecule has 0 radical (unpaired) electrons. The van der Waals surface area contributed by atoms with Gasteiger partial charge in [0.15, 0.2) is 0 Å². The zero-order valence-corrected chi connectivity index (χ0v) is 51.9. The average Bonchev–Trinajstić information content (AvgIpc) is 0.857. The van der Waals surface area contributed by atoms with Crippen LogP contribution in [0.1, 0.15) is 94.2 Å². The smallest absolute Gasteiger partial charge is 0.125 e. The van der Waals surface area contributed by atoms with Crippen LogP contribution in [-0.4, -0.2) is 16.1 Å². The van der Waals surface area contributed by atoms with Crippen molar-refractivity contribution in [3.63, 3.8) is 0 Å². The molecule has 0 spiro atoms. The van der Waals surface area contributed by atoms with E-state index in [1.54, 1.807) is 0 Å². The Hall–Kier alpha value is -7.99. The minimum atomic E-state index is -2.25. The maximum absolute atomic E-state index is 4.34. The monoisotopic (exact) mass is 1090 g/mol. The molecule has 0 amide bonds. The van der Waals surface area contributed by atoms with Gasteiger partial charge in [0.05, 0.1) is 0 Å². The molecule has 0 bridgehead atoms. The van der Waals surface area contributed by atoms with Crippen molar-refractivity contribution < 1.29 is 0 Å². The van der Waals surface area contributed by atoms with E-state index >= 15 is 0 Å². The second kappa shape index (κ2) is 20.5. The summed E-state index contributed by atoms with van der Waals surface area (Å²) in [6, 6.07) is 73.0. The van der Waals surface area contributed by atoms with Crippen LogP contribution in [-0.2, 0) is 0 Å². The summed E-state index contributed by atoms with van der Waals surface area (Å²) < 4.78 is 0. The van der Waals surface area contributed by atoms with Crippen molar-refractivity contribution in [3.05, 3.63) is 205 Å². The molecule has 0 saturated heterocycles. The molecular weight excluding hydrogens is 1020 g/mol. The molecule has 13 aromatic carbocycles. The van der Waals surface area contributed by atoms with Crippen molar-refractivity contribution in [3.8, 4) is 67.4 Å². The van der Waals surface area contributed by atoms with E-state index in [0.717, 1.165) is 11.1 Å². The lowest BCUT2D eigenvalue weighted by molar-refractivity contribution is 0.838. The molecule has 0 fully saturated rings. The van der Waals surface area contributed by atoms with Crippen molar-refractivity contribution >= 4 is 102 Å². The van der Waals surface area contributed by atoms with Crippen LogP contribution in [0.3, 0.4) is 0 Å². The highest BCUT2D eigenvalue weighted by atomic mass is 28.3. The molecule has 2 heteroatoms. The highest BCUT2D eigenvalue weighted by Gasteiger charge is 2.43. The van der Waals surface area contributed by atoms with Gasteiger partial charge in [-0.3, -0.25) is 0 Å². The second-order valence-corrected chi connectivity index (χ2v) is 36.6. The van der Waals surface area contributed by atoms with E-state index in [4.69, 9.17) is 0 Å².